The number of hydrogen-bond acceptors (Lipinski definition) is 4. The van der Waals surface area contributed by atoms with Gasteiger partial charge in [-0.05, 0) is 15.9 Å². The molecule has 0 radical (unpaired) electrons. The van der Waals surface area contributed by atoms with Crippen LogP contribution in [0.25, 0.3) is 0 Å². The molecule has 1 aromatic rings. The van der Waals surface area contributed by atoms with Crippen LogP contribution in [0.3, 0.4) is 0 Å². The Balaban J connectivity index is 3.28. The fourth-order valence-electron chi connectivity index (χ4n) is 0.873. The number of methoxy groups -OCH3 is 1. The predicted molar refractivity (Wildman–Crippen MR) is 49.0 cm³/mol. The van der Waals surface area contributed by atoms with Gasteiger partial charge in [0.15, 0.2) is 11.5 Å². The summed E-state index contributed by atoms with van der Waals surface area (Å²) >= 11 is 3.04. The predicted octanol–water partition coefficient (Wildman–Crippen LogP) is 2.07. The van der Waals surface area contributed by atoms with Crippen molar-refractivity contribution in [2.75, 3.05) is 7.11 Å². The van der Waals surface area contributed by atoms with E-state index in [2.05, 4.69) is 15.9 Å². The lowest BCUT2D eigenvalue weighted by Crippen LogP contribution is -1.90. The molecule has 0 fully saturated rings. The molecular weight excluding hydrogens is 242 g/mol. The summed E-state index contributed by atoms with van der Waals surface area (Å²) in [7, 11) is 1.37. The van der Waals surface area contributed by atoms with Gasteiger partial charge in [0.2, 0.25) is 0 Å². The number of phenols is 1. The average molecular weight is 248 g/mol. The maximum atomic E-state index is 10.3. The van der Waals surface area contributed by atoms with E-state index in [-0.39, 0.29) is 17.2 Å². The van der Waals surface area contributed by atoms with E-state index in [1.807, 2.05) is 0 Å². The molecule has 6 heteroatoms. The van der Waals surface area contributed by atoms with Crippen LogP contribution in [0.2, 0.25) is 0 Å². The average Bonchev–Trinajstić information content (AvgIpc) is 2.03. The molecule has 0 aliphatic rings. The quantitative estimate of drug-likeness (QED) is 0.642. The van der Waals surface area contributed by atoms with Gasteiger partial charge in [-0.2, -0.15) is 0 Å². The maximum absolute atomic E-state index is 10.3. The van der Waals surface area contributed by atoms with E-state index in [1.165, 1.54) is 13.2 Å². The van der Waals surface area contributed by atoms with E-state index < -0.39 is 4.92 Å². The van der Waals surface area contributed by atoms with Crippen molar-refractivity contribution in [2.24, 2.45) is 0 Å². The zero-order valence-electron chi connectivity index (χ0n) is 6.65. The smallest absolute Gasteiger partial charge is 0.274 e. The van der Waals surface area contributed by atoms with Gasteiger partial charge in [-0.3, -0.25) is 10.1 Å². The van der Waals surface area contributed by atoms with Crippen molar-refractivity contribution in [2.45, 2.75) is 0 Å². The SMILES string of the molecule is COc1c(O)cc([N+](=O)[O-])cc1Br. The van der Waals surface area contributed by atoms with Gasteiger partial charge >= 0.3 is 0 Å². The minimum absolute atomic E-state index is 0.186. The van der Waals surface area contributed by atoms with Crippen LogP contribution < -0.4 is 4.74 Å². The molecule has 0 aromatic heterocycles. The van der Waals surface area contributed by atoms with E-state index in [0.29, 0.717) is 4.47 Å². The third-order valence-corrected chi connectivity index (χ3v) is 2.01. The molecule has 0 aliphatic heterocycles. The number of nitro groups is 1. The Bertz CT molecular complexity index is 329. The molecule has 0 aliphatic carbocycles. The van der Waals surface area contributed by atoms with Gasteiger partial charge in [0, 0.05) is 6.07 Å². The molecule has 0 amide bonds. The third kappa shape index (κ3) is 1.89. The van der Waals surface area contributed by atoms with Crippen molar-refractivity contribution in [1.29, 1.82) is 0 Å². The van der Waals surface area contributed by atoms with Crippen LogP contribution in [0.4, 0.5) is 5.69 Å². The normalized spacial score (nSPS) is 9.69. The Kier molecular flexibility index (Phi) is 2.72. The number of nitro benzene ring substituents is 1. The molecule has 1 aromatic carbocycles. The minimum Gasteiger partial charge on any atom is -0.504 e. The highest BCUT2D eigenvalue weighted by Gasteiger charge is 2.14. The summed E-state index contributed by atoms with van der Waals surface area (Å²) in [5, 5.41) is 19.6. The molecule has 0 bridgehead atoms. The molecule has 0 saturated carbocycles. The molecule has 0 atom stereocenters. The van der Waals surface area contributed by atoms with Gasteiger partial charge in [0.1, 0.15) is 0 Å². The Morgan fingerprint density at radius 3 is 2.62 bits per heavy atom. The van der Waals surface area contributed by atoms with Gasteiger partial charge in [0.05, 0.1) is 22.6 Å². The number of rotatable bonds is 2. The van der Waals surface area contributed by atoms with Crippen LogP contribution in [0.1, 0.15) is 0 Å². The largest absolute Gasteiger partial charge is 0.504 e. The van der Waals surface area contributed by atoms with Crippen molar-refractivity contribution >= 4 is 21.6 Å². The third-order valence-electron chi connectivity index (χ3n) is 1.42. The monoisotopic (exact) mass is 247 g/mol. The first-order chi connectivity index (χ1) is 6.06. The first-order valence-corrected chi connectivity index (χ1v) is 4.06. The summed E-state index contributed by atoms with van der Waals surface area (Å²) < 4.78 is 5.14. The number of aromatic hydroxyl groups is 1. The fourth-order valence-corrected chi connectivity index (χ4v) is 1.47. The summed E-state index contributed by atoms with van der Waals surface area (Å²) in [6.07, 6.45) is 0. The fraction of sp³-hybridized carbons (Fsp3) is 0.143. The Morgan fingerprint density at radius 2 is 2.23 bits per heavy atom. The second-order valence-electron chi connectivity index (χ2n) is 2.24. The minimum atomic E-state index is -0.593. The summed E-state index contributed by atoms with van der Waals surface area (Å²) in [5.74, 6) is -0.0748. The molecule has 13 heavy (non-hydrogen) atoms. The zero-order chi connectivity index (χ0) is 10.0. The van der Waals surface area contributed by atoms with Crippen molar-refractivity contribution in [3.05, 3.63) is 26.7 Å². The number of ether oxygens (including phenoxy) is 1. The van der Waals surface area contributed by atoms with Gasteiger partial charge in [0.25, 0.3) is 5.69 Å². The van der Waals surface area contributed by atoms with Gasteiger partial charge < -0.3 is 9.84 Å². The highest BCUT2D eigenvalue weighted by molar-refractivity contribution is 9.10. The molecule has 5 nitrogen and oxygen atoms in total. The molecular formula is C7H6BrNO4. The molecule has 0 heterocycles. The van der Waals surface area contributed by atoms with Crippen LogP contribution in [-0.2, 0) is 0 Å². The van der Waals surface area contributed by atoms with Crippen molar-refractivity contribution < 1.29 is 14.8 Å². The van der Waals surface area contributed by atoms with Crippen molar-refractivity contribution in [1.82, 2.24) is 0 Å². The lowest BCUT2D eigenvalue weighted by Gasteiger charge is -2.04. The number of hydrogen-bond donors (Lipinski definition) is 1. The van der Waals surface area contributed by atoms with Crippen LogP contribution >= 0.6 is 15.9 Å². The molecule has 0 saturated heterocycles. The van der Waals surface area contributed by atoms with E-state index in [0.717, 1.165) is 6.07 Å². The van der Waals surface area contributed by atoms with Gasteiger partial charge in [-0.25, -0.2) is 0 Å². The van der Waals surface area contributed by atoms with Gasteiger partial charge in [-0.15, -0.1) is 0 Å². The lowest BCUT2D eigenvalue weighted by atomic mass is 10.3. The Labute approximate surface area is 82.2 Å². The number of phenolic OH excluding ortho intramolecular Hbond substituents is 1. The number of nitrogens with zero attached hydrogens (tertiary/aromatic N) is 1. The van der Waals surface area contributed by atoms with Crippen LogP contribution in [0.5, 0.6) is 11.5 Å². The maximum Gasteiger partial charge on any atom is 0.274 e. The summed E-state index contributed by atoms with van der Waals surface area (Å²) in [6.45, 7) is 0. The molecule has 70 valence electrons. The van der Waals surface area contributed by atoms with Crippen molar-refractivity contribution in [3.8, 4) is 11.5 Å². The summed E-state index contributed by atoms with van der Waals surface area (Å²) in [5.41, 5.74) is -0.190. The first kappa shape index (κ1) is 9.79. The second kappa shape index (κ2) is 3.61. The van der Waals surface area contributed by atoms with E-state index >= 15 is 0 Å². The zero-order valence-corrected chi connectivity index (χ0v) is 8.24. The Hall–Kier alpha value is -1.30. The van der Waals surface area contributed by atoms with E-state index in [1.54, 1.807) is 0 Å². The lowest BCUT2D eigenvalue weighted by molar-refractivity contribution is -0.385. The van der Waals surface area contributed by atoms with Crippen molar-refractivity contribution in [3.63, 3.8) is 0 Å². The number of benzene rings is 1. The van der Waals surface area contributed by atoms with Crippen LogP contribution in [0.15, 0.2) is 16.6 Å². The molecule has 0 unspecified atom stereocenters. The van der Waals surface area contributed by atoms with Crippen LogP contribution in [-0.4, -0.2) is 17.1 Å². The summed E-state index contributed by atoms with van der Waals surface area (Å²) in [6, 6.07) is 2.29. The molecule has 1 N–H and O–H groups in total. The topological polar surface area (TPSA) is 72.6 Å². The number of halogens is 1. The highest BCUT2D eigenvalue weighted by Crippen LogP contribution is 2.37. The molecule has 0 spiro atoms. The Morgan fingerprint density at radius 1 is 1.62 bits per heavy atom. The van der Waals surface area contributed by atoms with E-state index in [4.69, 9.17) is 4.74 Å². The number of non-ortho nitro benzene ring substituents is 1. The first-order valence-electron chi connectivity index (χ1n) is 3.27. The van der Waals surface area contributed by atoms with Crippen LogP contribution in [0, 0.1) is 10.1 Å². The van der Waals surface area contributed by atoms with Gasteiger partial charge in [-0.1, -0.05) is 0 Å². The standard InChI is InChI=1S/C7H6BrNO4/c1-13-7-5(8)2-4(9(11)12)3-6(7)10/h2-3,10H,1H3. The second-order valence-corrected chi connectivity index (χ2v) is 3.09. The molecule has 1 rings (SSSR count). The summed E-state index contributed by atoms with van der Waals surface area (Å²) in [4.78, 5) is 9.74. The highest BCUT2D eigenvalue weighted by atomic mass is 79.9. The van der Waals surface area contributed by atoms with E-state index in [9.17, 15) is 15.2 Å².